The second kappa shape index (κ2) is 8.61. The molecule has 1 aromatic heterocycles. The molecule has 4 aromatic rings. The number of benzene rings is 3. The number of aryl methyl sites for hydroxylation is 2. The standard InChI is InChI=1S/C24H21N3O3/c1-16-11-13-18(14-12-16)23-26-24(30-27-23)19-8-4-5-9-20(19)25-22(28)15-29-21-10-6-3-7-17(21)2/h3-14H,15H2,1-2H3,(H,25,28). The molecule has 0 spiro atoms. The van der Waals surface area contributed by atoms with E-state index in [1.54, 1.807) is 6.07 Å². The van der Waals surface area contributed by atoms with Crippen molar-refractivity contribution in [3.05, 3.63) is 83.9 Å². The first-order valence-electron chi connectivity index (χ1n) is 9.58. The van der Waals surface area contributed by atoms with E-state index in [2.05, 4.69) is 15.5 Å². The SMILES string of the molecule is Cc1ccc(-c2noc(-c3ccccc3NC(=O)COc3ccccc3C)n2)cc1. The van der Waals surface area contributed by atoms with Gasteiger partial charge in [-0.05, 0) is 37.6 Å². The van der Waals surface area contributed by atoms with Crippen LogP contribution < -0.4 is 10.1 Å². The van der Waals surface area contributed by atoms with E-state index >= 15 is 0 Å². The summed E-state index contributed by atoms with van der Waals surface area (Å²) in [6.07, 6.45) is 0. The molecule has 3 aromatic carbocycles. The zero-order chi connectivity index (χ0) is 20.9. The second-order valence-electron chi connectivity index (χ2n) is 6.94. The van der Waals surface area contributed by atoms with Gasteiger partial charge in [-0.1, -0.05) is 65.3 Å². The molecule has 0 saturated carbocycles. The summed E-state index contributed by atoms with van der Waals surface area (Å²) < 4.78 is 11.1. The number of nitrogens with zero attached hydrogens (tertiary/aromatic N) is 2. The molecule has 1 heterocycles. The predicted octanol–water partition coefficient (Wildman–Crippen LogP) is 5.04. The summed E-state index contributed by atoms with van der Waals surface area (Å²) in [5, 5.41) is 6.94. The van der Waals surface area contributed by atoms with Gasteiger partial charge < -0.3 is 14.6 Å². The number of hydrogen-bond donors (Lipinski definition) is 1. The first kappa shape index (κ1) is 19.4. The number of amides is 1. The highest BCUT2D eigenvalue weighted by molar-refractivity contribution is 5.95. The van der Waals surface area contributed by atoms with E-state index in [1.807, 2.05) is 80.6 Å². The number of carbonyl (C=O) groups is 1. The van der Waals surface area contributed by atoms with E-state index in [9.17, 15) is 4.79 Å². The number of carbonyl (C=O) groups excluding carboxylic acids is 1. The van der Waals surface area contributed by atoms with Crippen molar-refractivity contribution in [1.82, 2.24) is 10.1 Å². The maximum absolute atomic E-state index is 12.4. The Morgan fingerprint density at radius 1 is 0.967 bits per heavy atom. The minimum absolute atomic E-state index is 0.0996. The van der Waals surface area contributed by atoms with E-state index in [0.29, 0.717) is 28.7 Å². The van der Waals surface area contributed by atoms with Gasteiger partial charge in [0.15, 0.2) is 6.61 Å². The number of para-hydroxylation sites is 2. The third-order valence-corrected chi connectivity index (χ3v) is 4.62. The minimum atomic E-state index is -0.274. The number of aromatic nitrogens is 2. The number of rotatable bonds is 6. The van der Waals surface area contributed by atoms with E-state index in [4.69, 9.17) is 9.26 Å². The zero-order valence-electron chi connectivity index (χ0n) is 16.8. The van der Waals surface area contributed by atoms with Crippen molar-refractivity contribution in [2.75, 3.05) is 11.9 Å². The van der Waals surface area contributed by atoms with Gasteiger partial charge in [0, 0.05) is 5.56 Å². The molecule has 0 bridgehead atoms. The molecule has 0 aliphatic heterocycles. The summed E-state index contributed by atoms with van der Waals surface area (Å²) in [4.78, 5) is 16.9. The predicted molar refractivity (Wildman–Crippen MR) is 115 cm³/mol. The fraction of sp³-hybridized carbons (Fsp3) is 0.125. The minimum Gasteiger partial charge on any atom is -0.483 e. The van der Waals surface area contributed by atoms with E-state index in [-0.39, 0.29) is 12.5 Å². The molecule has 6 nitrogen and oxygen atoms in total. The molecule has 30 heavy (non-hydrogen) atoms. The Morgan fingerprint density at radius 3 is 2.50 bits per heavy atom. The topological polar surface area (TPSA) is 77.2 Å². The lowest BCUT2D eigenvalue weighted by molar-refractivity contribution is -0.118. The molecular weight excluding hydrogens is 378 g/mol. The molecule has 0 aliphatic carbocycles. The monoisotopic (exact) mass is 399 g/mol. The van der Waals surface area contributed by atoms with Crippen LogP contribution in [0.3, 0.4) is 0 Å². The van der Waals surface area contributed by atoms with Gasteiger partial charge in [-0.2, -0.15) is 4.98 Å². The maximum atomic E-state index is 12.4. The summed E-state index contributed by atoms with van der Waals surface area (Å²) in [6, 6.07) is 22.7. The third-order valence-electron chi connectivity index (χ3n) is 4.62. The summed E-state index contributed by atoms with van der Waals surface area (Å²) in [6.45, 7) is 3.86. The van der Waals surface area contributed by atoms with Gasteiger partial charge in [-0.25, -0.2) is 0 Å². The van der Waals surface area contributed by atoms with Crippen molar-refractivity contribution in [2.45, 2.75) is 13.8 Å². The highest BCUT2D eigenvalue weighted by atomic mass is 16.5. The van der Waals surface area contributed by atoms with Crippen molar-refractivity contribution in [3.8, 4) is 28.6 Å². The molecule has 1 amide bonds. The molecule has 150 valence electrons. The summed E-state index contributed by atoms with van der Waals surface area (Å²) >= 11 is 0. The zero-order valence-corrected chi connectivity index (χ0v) is 16.8. The van der Waals surface area contributed by atoms with E-state index in [0.717, 1.165) is 16.7 Å². The Balaban J connectivity index is 1.49. The van der Waals surface area contributed by atoms with Gasteiger partial charge in [0.25, 0.3) is 11.8 Å². The van der Waals surface area contributed by atoms with Crippen LogP contribution >= 0.6 is 0 Å². The molecule has 1 N–H and O–H groups in total. The summed E-state index contributed by atoms with van der Waals surface area (Å²) in [5.41, 5.74) is 4.22. The van der Waals surface area contributed by atoms with Crippen LogP contribution in [0, 0.1) is 13.8 Å². The van der Waals surface area contributed by atoms with Crippen molar-refractivity contribution >= 4 is 11.6 Å². The Hall–Kier alpha value is -3.93. The number of anilines is 1. The van der Waals surface area contributed by atoms with Crippen molar-refractivity contribution in [2.24, 2.45) is 0 Å². The van der Waals surface area contributed by atoms with Gasteiger partial charge in [0.05, 0.1) is 11.3 Å². The van der Waals surface area contributed by atoms with Gasteiger partial charge in [-0.3, -0.25) is 4.79 Å². The van der Waals surface area contributed by atoms with Crippen LogP contribution in [0.15, 0.2) is 77.3 Å². The highest BCUT2D eigenvalue weighted by Gasteiger charge is 2.15. The Bertz CT molecular complexity index is 1170. The lowest BCUT2D eigenvalue weighted by Crippen LogP contribution is -2.20. The number of nitrogens with one attached hydrogen (secondary N) is 1. The van der Waals surface area contributed by atoms with Crippen molar-refractivity contribution < 1.29 is 14.1 Å². The molecule has 4 rings (SSSR count). The molecular formula is C24H21N3O3. The summed E-state index contributed by atoms with van der Waals surface area (Å²) in [7, 11) is 0. The Labute approximate surface area is 174 Å². The molecule has 0 radical (unpaired) electrons. The van der Waals surface area contributed by atoms with E-state index < -0.39 is 0 Å². The lowest BCUT2D eigenvalue weighted by atomic mass is 10.1. The number of ether oxygens (including phenoxy) is 1. The van der Waals surface area contributed by atoms with Gasteiger partial charge >= 0.3 is 0 Å². The first-order valence-corrected chi connectivity index (χ1v) is 9.58. The second-order valence-corrected chi connectivity index (χ2v) is 6.94. The fourth-order valence-corrected chi connectivity index (χ4v) is 2.98. The molecule has 0 fully saturated rings. The van der Waals surface area contributed by atoms with E-state index in [1.165, 1.54) is 0 Å². The average molecular weight is 399 g/mol. The van der Waals surface area contributed by atoms with Gasteiger partial charge in [0.2, 0.25) is 5.82 Å². The quantitative estimate of drug-likeness (QED) is 0.492. The molecule has 0 aliphatic rings. The summed E-state index contributed by atoms with van der Waals surface area (Å²) in [5.74, 6) is 1.24. The Morgan fingerprint density at radius 2 is 1.70 bits per heavy atom. The average Bonchev–Trinajstić information content (AvgIpc) is 3.24. The molecule has 0 saturated heterocycles. The van der Waals surface area contributed by atoms with Crippen LogP contribution in [-0.2, 0) is 4.79 Å². The molecule has 0 atom stereocenters. The lowest BCUT2D eigenvalue weighted by Gasteiger charge is -2.11. The van der Waals surface area contributed by atoms with Gasteiger partial charge in [-0.15, -0.1) is 0 Å². The normalized spacial score (nSPS) is 10.6. The van der Waals surface area contributed by atoms with Crippen LogP contribution in [0.1, 0.15) is 11.1 Å². The fourth-order valence-electron chi connectivity index (χ4n) is 2.98. The Kier molecular flexibility index (Phi) is 5.57. The molecule has 0 unspecified atom stereocenters. The molecule has 6 heteroatoms. The maximum Gasteiger partial charge on any atom is 0.262 e. The van der Waals surface area contributed by atoms with Crippen LogP contribution in [0.2, 0.25) is 0 Å². The van der Waals surface area contributed by atoms with Crippen LogP contribution in [0.4, 0.5) is 5.69 Å². The van der Waals surface area contributed by atoms with Crippen LogP contribution in [0.25, 0.3) is 22.8 Å². The highest BCUT2D eigenvalue weighted by Crippen LogP contribution is 2.28. The van der Waals surface area contributed by atoms with Crippen molar-refractivity contribution in [3.63, 3.8) is 0 Å². The van der Waals surface area contributed by atoms with Gasteiger partial charge in [0.1, 0.15) is 5.75 Å². The number of hydrogen-bond acceptors (Lipinski definition) is 5. The third kappa shape index (κ3) is 4.38. The van der Waals surface area contributed by atoms with Crippen molar-refractivity contribution in [1.29, 1.82) is 0 Å². The first-order chi connectivity index (χ1) is 14.6. The smallest absolute Gasteiger partial charge is 0.262 e. The van der Waals surface area contributed by atoms with Crippen LogP contribution in [0.5, 0.6) is 5.75 Å². The largest absolute Gasteiger partial charge is 0.483 e. The van der Waals surface area contributed by atoms with Crippen LogP contribution in [-0.4, -0.2) is 22.7 Å².